The molecule has 0 spiro atoms. The highest BCUT2D eigenvalue weighted by Crippen LogP contribution is 2.28. The van der Waals surface area contributed by atoms with E-state index < -0.39 is 0 Å². The Balaban J connectivity index is 1.60. The number of halogens is 2. The summed E-state index contributed by atoms with van der Waals surface area (Å²) in [5.74, 6) is 0.441. The van der Waals surface area contributed by atoms with Crippen molar-refractivity contribution in [3.05, 3.63) is 73.7 Å². The average Bonchev–Trinajstić information content (AvgIpc) is 2.95. The molecule has 27 heavy (non-hydrogen) atoms. The second-order valence-electron chi connectivity index (χ2n) is 6.11. The minimum absolute atomic E-state index is 0.0558. The van der Waals surface area contributed by atoms with Crippen molar-refractivity contribution in [3.8, 4) is 5.75 Å². The summed E-state index contributed by atoms with van der Waals surface area (Å²) in [5.41, 5.74) is 3.07. The van der Waals surface area contributed by atoms with Gasteiger partial charge in [-0.2, -0.15) is 0 Å². The molecule has 0 unspecified atom stereocenters. The number of benzene rings is 2. The number of amides is 1. The van der Waals surface area contributed by atoms with Gasteiger partial charge in [0, 0.05) is 15.8 Å². The summed E-state index contributed by atoms with van der Waals surface area (Å²) in [7, 11) is 0. The van der Waals surface area contributed by atoms with E-state index in [0.29, 0.717) is 22.3 Å². The van der Waals surface area contributed by atoms with Crippen LogP contribution in [-0.4, -0.2) is 17.5 Å². The molecule has 1 amide bonds. The maximum Gasteiger partial charge on any atom is 0.264 e. The van der Waals surface area contributed by atoms with Crippen LogP contribution in [0.5, 0.6) is 5.75 Å². The molecule has 0 bridgehead atoms. The van der Waals surface area contributed by atoms with Gasteiger partial charge in [0.15, 0.2) is 11.7 Å². The molecule has 1 aromatic heterocycles. The Labute approximate surface area is 175 Å². The quantitative estimate of drug-likeness (QED) is 0.502. The van der Waals surface area contributed by atoms with Gasteiger partial charge in [-0.15, -0.1) is 11.3 Å². The van der Waals surface area contributed by atoms with Crippen molar-refractivity contribution in [1.82, 2.24) is 4.98 Å². The molecule has 1 N–H and O–H groups in total. The van der Waals surface area contributed by atoms with Crippen LogP contribution < -0.4 is 10.1 Å². The summed E-state index contributed by atoms with van der Waals surface area (Å²) in [4.78, 5) is 17.7. The number of thiazole rings is 1. The molecule has 0 aliphatic rings. The molecule has 0 atom stereocenters. The number of anilines is 1. The van der Waals surface area contributed by atoms with Gasteiger partial charge in [-0.1, -0.05) is 29.8 Å². The van der Waals surface area contributed by atoms with Crippen LogP contribution in [0.15, 0.2) is 46.9 Å². The number of ether oxygens (including phenoxy) is 1. The second-order valence-corrected chi connectivity index (χ2v) is 8.45. The number of nitrogens with zero attached hydrogens (tertiary/aromatic N) is 1. The Bertz CT molecular complexity index is 974. The molecular weight excluding hydrogens is 448 g/mol. The fourth-order valence-electron chi connectivity index (χ4n) is 2.49. The predicted molar refractivity (Wildman–Crippen MR) is 114 cm³/mol. The lowest BCUT2D eigenvalue weighted by Gasteiger charge is -2.06. The summed E-state index contributed by atoms with van der Waals surface area (Å²) in [6.45, 7) is 3.86. The van der Waals surface area contributed by atoms with Gasteiger partial charge >= 0.3 is 0 Å². The normalized spacial score (nSPS) is 10.7. The van der Waals surface area contributed by atoms with Crippen molar-refractivity contribution in [3.63, 3.8) is 0 Å². The third-order valence-electron chi connectivity index (χ3n) is 3.85. The molecule has 3 aromatic rings. The molecule has 3 rings (SSSR count). The van der Waals surface area contributed by atoms with E-state index in [1.165, 1.54) is 11.3 Å². The first kappa shape index (κ1) is 19.9. The average molecular weight is 466 g/mol. The number of hydrogen-bond donors (Lipinski definition) is 1. The minimum Gasteiger partial charge on any atom is -0.484 e. The van der Waals surface area contributed by atoms with E-state index in [4.69, 9.17) is 16.3 Å². The maximum atomic E-state index is 12.1. The minimum atomic E-state index is -0.233. The van der Waals surface area contributed by atoms with Gasteiger partial charge in [-0.3, -0.25) is 10.1 Å². The molecule has 0 saturated heterocycles. The Hall–Kier alpha value is -1.89. The number of aromatic nitrogens is 1. The van der Waals surface area contributed by atoms with E-state index in [2.05, 4.69) is 26.2 Å². The van der Waals surface area contributed by atoms with E-state index in [1.54, 1.807) is 0 Å². The zero-order valence-electron chi connectivity index (χ0n) is 14.9. The molecule has 0 radical (unpaired) electrons. The monoisotopic (exact) mass is 464 g/mol. The van der Waals surface area contributed by atoms with Crippen molar-refractivity contribution in [2.24, 2.45) is 0 Å². The van der Waals surface area contributed by atoms with Gasteiger partial charge in [-0.25, -0.2) is 4.98 Å². The number of rotatable bonds is 6. The van der Waals surface area contributed by atoms with E-state index >= 15 is 0 Å². The zero-order valence-corrected chi connectivity index (χ0v) is 18.0. The fraction of sp³-hybridized carbons (Fsp3) is 0.200. The summed E-state index contributed by atoms with van der Waals surface area (Å²) < 4.78 is 6.39. The SMILES string of the molecule is Cc1cccc(OCC(=O)Nc2nc(C)c(Cc3ccc(Br)c(Cl)c3)s2)c1. The van der Waals surface area contributed by atoms with Crippen LogP contribution in [0.3, 0.4) is 0 Å². The van der Waals surface area contributed by atoms with E-state index in [-0.39, 0.29) is 12.5 Å². The van der Waals surface area contributed by atoms with Crippen molar-refractivity contribution in [2.45, 2.75) is 20.3 Å². The van der Waals surface area contributed by atoms with E-state index in [9.17, 15) is 4.79 Å². The summed E-state index contributed by atoms with van der Waals surface area (Å²) in [5, 5.41) is 4.05. The van der Waals surface area contributed by atoms with Crippen LogP contribution in [0.2, 0.25) is 5.02 Å². The third kappa shape index (κ3) is 5.54. The highest BCUT2D eigenvalue weighted by Gasteiger charge is 2.12. The van der Waals surface area contributed by atoms with Crippen LogP contribution in [0.25, 0.3) is 0 Å². The summed E-state index contributed by atoms with van der Waals surface area (Å²) in [6, 6.07) is 13.5. The van der Waals surface area contributed by atoms with E-state index in [0.717, 1.165) is 26.2 Å². The van der Waals surface area contributed by atoms with Gasteiger partial charge in [0.05, 0.1) is 10.7 Å². The van der Waals surface area contributed by atoms with Crippen LogP contribution in [0.4, 0.5) is 5.13 Å². The first-order valence-electron chi connectivity index (χ1n) is 8.30. The van der Waals surface area contributed by atoms with Gasteiger partial charge in [0.1, 0.15) is 5.75 Å². The molecule has 0 aliphatic carbocycles. The van der Waals surface area contributed by atoms with Crippen LogP contribution in [0.1, 0.15) is 21.7 Å². The summed E-state index contributed by atoms with van der Waals surface area (Å²) >= 11 is 11.0. The third-order valence-corrected chi connectivity index (χ3v) is 6.15. The van der Waals surface area contributed by atoms with Crippen molar-refractivity contribution in [1.29, 1.82) is 0 Å². The number of hydrogen-bond acceptors (Lipinski definition) is 4. The molecule has 0 saturated carbocycles. The molecular formula is C20H18BrClN2O2S. The van der Waals surface area contributed by atoms with Gasteiger partial charge in [0.25, 0.3) is 5.91 Å². The van der Waals surface area contributed by atoms with Gasteiger partial charge in [0.2, 0.25) is 0 Å². The van der Waals surface area contributed by atoms with Crippen LogP contribution in [-0.2, 0) is 11.2 Å². The Morgan fingerprint density at radius 1 is 1.26 bits per heavy atom. The van der Waals surface area contributed by atoms with Gasteiger partial charge < -0.3 is 4.74 Å². The standard InChI is InChI=1S/C20H18BrClN2O2S/c1-12-4-3-5-15(8-12)26-11-19(25)24-20-23-13(2)18(27-20)10-14-6-7-16(21)17(22)9-14/h3-9H,10-11H2,1-2H3,(H,23,24,25). The van der Waals surface area contributed by atoms with E-state index in [1.807, 2.05) is 56.3 Å². The molecule has 2 aromatic carbocycles. The first-order valence-corrected chi connectivity index (χ1v) is 10.3. The molecule has 140 valence electrons. The fourth-order valence-corrected chi connectivity index (χ4v) is 3.95. The summed E-state index contributed by atoms with van der Waals surface area (Å²) in [6.07, 6.45) is 0.714. The molecule has 7 heteroatoms. The van der Waals surface area contributed by atoms with Crippen molar-refractivity contribution in [2.75, 3.05) is 11.9 Å². The smallest absolute Gasteiger partial charge is 0.264 e. The Morgan fingerprint density at radius 2 is 2.07 bits per heavy atom. The Morgan fingerprint density at radius 3 is 2.81 bits per heavy atom. The lowest BCUT2D eigenvalue weighted by atomic mass is 10.1. The Kier molecular flexibility index (Phi) is 6.52. The highest BCUT2D eigenvalue weighted by molar-refractivity contribution is 9.10. The lowest BCUT2D eigenvalue weighted by Crippen LogP contribution is -2.20. The molecule has 0 fully saturated rings. The largest absolute Gasteiger partial charge is 0.484 e. The number of nitrogens with one attached hydrogen (secondary N) is 1. The predicted octanol–water partition coefficient (Wildman–Crippen LogP) is 5.78. The first-order chi connectivity index (χ1) is 12.9. The zero-order chi connectivity index (χ0) is 19.4. The number of carbonyl (C=O) groups is 1. The van der Waals surface area contributed by atoms with Gasteiger partial charge in [-0.05, 0) is 65.2 Å². The number of aryl methyl sites for hydroxylation is 2. The molecule has 4 nitrogen and oxygen atoms in total. The molecule has 0 aliphatic heterocycles. The lowest BCUT2D eigenvalue weighted by molar-refractivity contribution is -0.118. The van der Waals surface area contributed by atoms with Crippen molar-refractivity contribution < 1.29 is 9.53 Å². The number of carbonyl (C=O) groups excluding carboxylic acids is 1. The van der Waals surface area contributed by atoms with Crippen LogP contribution >= 0.6 is 38.9 Å². The van der Waals surface area contributed by atoms with Crippen LogP contribution in [0, 0.1) is 13.8 Å². The maximum absolute atomic E-state index is 12.1. The second kappa shape index (κ2) is 8.87. The molecule has 1 heterocycles. The topological polar surface area (TPSA) is 51.2 Å². The van der Waals surface area contributed by atoms with Crippen molar-refractivity contribution >= 4 is 49.9 Å². The highest BCUT2D eigenvalue weighted by atomic mass is 79.9.